The predicted molar refractivity (Wildman–Crippen MR) is 103 cm³/mol. The normalized spacial score (nSPS) is 20.2. The fraction of sp³-hybridized carbons (Fsp3) is 0.429. The highest BCUT2D eigenvalue weighted by Crippen LogP contribution is 2.25. The minimum atomic E-state index is -0.888. The van der Waals surface area contributed by atoms with Crippen molar-refractivity contribution in [3.8, 4) is 5.75 Å². The highest BCUT2D eigenvalue weighted by Gasteiger charge is 2.33. The summed E-state index contributed by atoms with van der Waals surface area (Å²) in [4.78, 5) is 20.2. The first-order valence-electron chi connectivity index (χ1n) is 9.43. The molecule has 2 N–H and O–H groups in total. The number of aromatic hydroxyl groups is 1. The van der Waals surface area contributed by atoms with Crippen LogP contribution in [0.1, 0.15) is 35.2 Å². The van der Waals surface area contributed by atoms with Gasteiger partial charge in [-0.3, -0.25) is 14.7 Å². The SMILES string of the molecule is CN(Cc1ccc(F)cc1)C[C@@]1(O)CCCN(C(=O)c2cncc(O)c2)CC1. The largest absolute Gasteiger partial charge is 0.506 e. The van der Waals surface area contributed by atoms with Crippen LogP contribution in [0.3, 0.4) is 0 Å². The molecule has 7 heteroatoms. The first kappa shape index (κ1) is 20.2. The Kier molecular flexibility index (Phi) is 6.26. The van der Waals surface area contributed by atoms with Gasteiger partial charge in [-0.25, -0.2) is 4.39 Å². The van der Waals surface area contributed by atoms with Gasteiger partial charge in [0, 0.05) is 32.4 Å². The average Bonchev–Trinajstić information content (AvgIpc) is 2.84. The number of aromatic nitrogens is 1. The van der Waals surface area contributed by atoms with Crippen molar-refractivity contribution in [1.29, 1.82) is 0 Å². The number of likely N-dealkylation sites (N-methyl/N-ethyl adjacent to an activating group) is 1. The molecule has 0 saturated carbocycles. The van der Waals surface area contributed by atoms with E-state index in [-0.39, 0.29) is 17.5 Å². The van der Waals surface area contributed by atoms with Gasteiger partial charge in [-0.1, -0.05) is 12.1 Å². The zero-order valence-electron chi connectivity index (χ0n) is 16.0. The Hall–Kier alpha value is -2.51. The summed E-state index contributed by atoms with van der Waals surface area (Å²) in [5.74, 6) is -0.493. The molecular weight excluding hydrogens is 361 g/mol. The van der Waals surface area contributed by atoms with Crippen LogP contribution in [-0.2, 0) is 6.54 Å². The molecule has 3 rings (SSSR count). The number of aliphatic hydroxyl groups is 1. The first-order chi connectivity index (χ1) is 13.3. The van der Waals surface area contributed by atoms with Crippen molar-refractivity contribution < 1.29 is 19.4 Å². The van der Waals surface area contributed by atoms with E-state index >= 15 is 0 Å². The number of amides is 1. The van der Waals surface area contributed by atoms with Crippen LogP contribution in [0.5, 0.6) is 5.75 Å². The fourth-order valence-corrected chi connectivity index (χ4v) is 3.73. The van der Waals surface area contributed by atoms with E-state index in [2.05, 4.69) is 4.98 Å². The summed E-state index contributed by atoms with van der Waals surface area (Å²) in [5, 5.41) is 20.6. The molecule has 1 aliphatic rings. The minimum absolute atomic E-state index is 0.0420. The Morgan fingerprint density at radius 3 is 2.71 bits per heavy atom. The van der Waals surface area contributed by atoms with E-state index < -0.39 is 5.60 Å². The lowest BCUT2D eigenvalue weighted by Crippen LogP contribution is -2.42. The first-order valence-corrected chi connectivity index (χ1v) is 9.43. The lowest BCUT2D eigenvalue weighted by atomic mass is 9.94. The molecule has 0 bridgehead atoms. The molecule has 1 aromatic carbocycles. The molecule has 0 spiro atoms. The number of halogens is 1. The molecule has 0 unspecified atom stereocenters. The molecular formula is C21H26FN3O3. The van der Waals surface area contributed by atoms with E-state index in [9.17, 15) is 19.4 Å². The van der Waals surface area contributed by atoms with Crippen LogP contribution in [0.15, 0.2) is 42.7 Å². The van der Waals surface area contributed by atoms with Crippen molar-refractivity contribution in [3.63, 3.8) is 0 Å². The molecule has 150 valence electrons. The highest BCUT2D eigenvalue weighted by atomic mass is 19.1. The molecule has 0 aliphatic carbocycles. The Morgan fingerprint density at radius 2 is 2.00 bits per heavy atom. The van der Waals surface area contributed by atoms with Crippen LogP contribution in [0.25, 0.3) is 0 Å². The summed E-state index contributed by atoms with van der Waals surface area (Å²) in [6.45, 7) is 2.08. The van der Waals surface area contributed by atoms with Gasteiger partial charge in [-0.15, -0.1) is 0 Å². The Morgan fingerprint density at radius 1 is 1.25 bits per heavy atom. The average molecular weight is 387 g/mol. The second-order valence-electron chi connectivity index (χ2n) is 7.60. The van der Waals surface area contributed by atoms with E-state index in [4.69, 9.17) is 0 Å². The lowest BCUT2D eigenvalue weighted by Gasteiger charge is -2.31. The third-order valence-electron chi connectivity index (χ3n) is 5.11. The molecule has 28 heavy (non-hydrogen) atoms. The van der Waals surface area contributed by atoms with Crippen LogP contribution in [-0.4, -0.2) is 63.2 Å². The number of likely N-dealkylation sites (tertiary alicyclic amines) is 1. The number of pyridine rings is 1. The monoisotopic (exact) mass is 387 g/mol. The molecule has 2 heterocycles. The third-order valence-corrected chi connectivity index (χ3v) is 5.11. The van der Waals surface area contributed by atoms with Gasteiger partial charge in [0.15, 0.2) is 0 Å². The number of nitrogens with zero attached hydrogens (tertiary/aromatic N) is 3. The van der Waals surface area contributed by atoms with E-state index in [1.54, 1.807) is 17.0 Å². The van der Waals surface area contributed by atoms with E-state index in [1.165, 1.54) is 30.6 Å². The van der Waals surface area contributed by atoms with E-state index in [0.29, 0.717) is 51.0 Å². The maximum absolute atomic E-state index is 13.0. The maximum atomic E-state index is 13.0. The van der Waals surface area contributed by atoms with Crippen molar-refractivity contribution in [3.05, 3.63) is 59.7 Å². The number of carbonyl (C=O) groups is 1. The Bertz CT molecular complexity index is 815. The predicted octanol–water partition coefficient (Wildman–Crippen LogP) is 2.42. The molecule has 1 atom stereocenters. The number of hydrogen-bond donors (Lipinski definition) is 2. The number of carbonyl (C=O) groups excluding carboxylic acids is 1. The van der Waals surface area contributed by atoms with Gasteiger partial charge in [-0.2, -0.15) is 0 Å². The zero-order valence-corrected chi connectivity index (χ0v) is 16.0. The Labute approximate surface area is 164 Å². The number of benzene rings is 1. The quantitative estimate of drug-likeness (QED) is 0.824. The molecule has 1 saturated heterocycles. The van der Waals surface area contributed by atoms with Gasteiger partial charge in [0.1, 0.15) is 11.6 Å². The van der Waals surface area contributed by atoms with Gasteiger partial charge >= 0.3 is 0 Å². The summed E-state index contributed by atoms with van der Waals surface area (Å²) in [5.41, 5.74) is 0.439. The van der Waals surface area contributed by atoms with Crippen molar-refractivity contribution >= 4 is 5.91 Å². The number of rotatable bonds is 5. The standard InChI is InChI=1S/C21H26FN3O3/c1-24(14-16-3-5-18(22)6-4-16)15-21(28)7-2-9-25(10-8-21)20(27)17-11-19(26)13-23-12-17/h3-6,11-13,26,28H,2,7-10,14-15H2,1H3/t21-/m1/s1. The van der Waals surface area contributed by atoms with Crippen LogP contribution < -0.4 is 0 Å². The summed E-state index contributed by atoms with van der Waals surface area (Å²) in [6.07, 6.45) is 4.49. The summed E-state index contributed by atoms with van der Waals surface area (Å²) in [6, 6.07) is 7.76. The molecule has 1 aliphatic heterocycles. The van der Waals surface area contributed by atoms with Crippen LogP contribution >= 0.6 is 0 Å². The van der Waals surface area contributed by atoms with Crippen molar-refractivity contribution in [2.75, 3.05) is 26.7 Å². The summed E-state index contributed by atoms with van der Waals surface area (Å²) in [7, 11) is 1.92. The van der Waals surface area contributed by atoms with Crippen molar-refractivity contribution in [2.24, 2.45) is 0 Å². The van der Waals surface area contributed by atoms with Crippen molar-refractivity contribution in [1.82, 2.24) is 14.8 Å². The van der Waals surface area contributed by atoms with Crippen LogP contribution in [0.2, 0.25) is 0 Å². The van der Waals surface area contributed by atoms with Gasteiger partial charge < -0.3 is 15.1 Å². The van der Waals surface area contributed by atoms with Gasteiger partial charge in [0.25, 0.3) is 5.91 Å². The molecule has 2 aromatic rings. The summed E-state index contributed by atoms with van der Waals surface area (Å²) < 4.78 is 13.0. The lowest BCUT2D eigenvalue weighted by molar-refractivity contribution is -0.00401. The Balaban J connectivity index is 1.58. The fourth-order valence-electron chi connectivity index (χ4n) is 3.73. The molecule has 1 aromatic heterocycles. The molecule has 0 radical (unpaired) electrons. The highest BCUT2D eigenvalue weighted by molar-refractivity contribution is 5.94. The van der Waals surface area contributed by atoms with E-state index in [1.807, 2.05) is 11.9 Å². The molecule has 6 nitrogen and oxygen atoms in total. The number of hydrogen-bond acceptors (Lipinski definition) is 5. The maximum Gasteiger partial charge on any atom is 0.255 e. The second kappa shape index (κ2) is 8.67. The summed E-state index contributed by atoms with van der Waals surface area (Å²) >= 11 is 0. The second-order valence-corrected chi connectivity index (χ2v) is 7.60. The third kappa shape index (κ3) is 5.27. The van der Waals surface area contributed by atoms with Gasteiger partial charge in [0.05, 0.1) is 17.4 Å². The zero-order chi connectivity index (χ0) is 20.1. The van der Waals surface area contributed by atoms with Gasteiger partial charge in [-0.05, 0) is 50.1 Å². The minimum Gasteiger partial charge on any atom is -0.506 e. The molecule has 1 fully saturated rings. The van der Waals surface area contributed by atoms with Crippen LogP contribution in [0, 0.1) is 5.82 Å². The molecule has 1 amide bonds. The topological polar surface area (TPSA) is 76.9 Å². The van der Waals surface area contributed by atoms with E-state index in [0.717, 1.165) is 5.56 Å². The van der Waals surface area contributed by atoms with Gasteiger partial charge in [0.2, 0.25) is 0 Å². The smallest absolute Gasteiger partial charge is 0.255 e. The van der Waals surface area contributed by atoms with Crippen molar-refractivity contribution in [2.45, 2.75) is 31.4 Å². The van der Waals surface area contributed by atoms with Crippen LogP contribution in [0.4, 0.5) is 4.39 Å².